The van der Waals surface area contributed by atoms with Crippen LogP contribution in [0.1, 0.15) is 0 Å². The molecule has 3 heteroatoms. The largest absolute Gasteiger partial charge is 0.312 e. The van der Waals surface area contributed by atoms with Crippen LogP contribution in [-0.2, 0) is 0 Å². The van der Waals surface area contributed by atoms with Crippen molar-refractivity contribution >= 4 is 60.9 Å². The first kappa shape index (κ1) is 15.6. The summed E-state index contributed by atoms with van der Waals surface area (Å²) in [7, 11) is 0. The van der Waals surface area contributed by atoms with Crippen LogP contribution in [0.25, 0.3) is 21.2 Å². The standard InChI is InChI=1S/C26H16BNS/c1-2-9-17(10-3-1)28-21-14-6-5-13-20(21)27-25-19(12-8-15-22(25)28)24-18-11-4-7-16-23(18)29-26(24)27/h1-16H. The molecule has 0 bridgehead atoms. The van der Waals surface area contributed by atoms with E-state index in [9.17, 15) is 0 Å². The molecule has 2 aliphatic rings. The first-order chi connectivity index (χ1) is 14.4. The number of hydrogen-bond acceptors (Lipinski definition) is 2. The van der Waals surface area contributed by atoms with Crippen LogP contribution in [0, 0.1) is 0 Å². The van der Waals surface area contributed by atoms with Crippen LogP contribution in [0.15, 0.2) is 97.1 Å². The van der Waals surface area contributed by atoms with Gasteiger partial charge in [-0.3, -0.25) is 0 Å². The molecule has 5 aromatic rings. The second kappa shape index (κ2) is 5.62. The predicted octanol–water partition coefficient (Wildman–Crippen LogP) is 5.18. The Morgan fingerprint density at radius 2 is 1.41 bits per heavy atom. The van der Waals surface area contributed by atoms with Crippen molar-refractivity contribution < 1.29 is 0 Å². The molecule has 1 aromatic heterocycles. The zero-order valence-electron chi connectivity index (χ0n) is 15.7. The lowest BCUT2D eigenvalue weighted by molar-refractivity contribution is 1.30. The number of anilines is 3. The molecule has 0 N–H and O–H groups in total. The van der Waals surface area contributed by atoms with E-state index in [1.807, 2.05) is 11.3 Å². The van der Waals surface area contributed by atoms with Crippen molar-refractivity contribution in [2.24, 2.45) is 0 Å². The molecule has 0 saturated carbocycles. The molecule has 29 heavy (non-hydrogen) atoms. The van der Waals surface area contributed by atoms with Gasteiger partial charge in [-0.05, 0) is 62.5 Å². The molecule has 3 heterocycles. The van der Waals surface area contributed by atoms with Crippen LogP contribution in [-0.4, -0.2) is 6.71 Å². The molecule has 0 amide bonds. The van der Waals surface area contributed by atoms with E-state index < -0.39 is 0 Å². The SMILES string of the molecule is c1ccc(N2c3ccccc3B3c4sc5ccccc5c4-c4cccc2c43)cc1. The van der Waals surface area contributed by atoms with E-state index in [4.69, 9.17) is 0 Å². The quantitative estimate of drug-likeness (QED) is 0.352. The minimum absolute atomic E-state index is 0.324. The molecular formula is C26H16BNS. The third-order valence-electron chi connectivity index (χ3n) is 6.27. The Balaban J connectivity index is 1.62. The van der Waals surface area contributed by atoms with Gasteiger partial charge in [0.1, 0.15) is 0 Å². The summed E-state index contributed by atoms with van der Waals surface area (Å²) in [5.74, 6) is 0. The van der Waals surface area contributed by atoms with Crippen LogP contribution >= 0.6 is 11.3 Å². The van der Waals surface area contributed by atoms with Crippen LogP contribution < -0.4 is 20.6 Å². The first-order valence-corrected chi connectivity index (χ1v) is 10.8. The molecule has 0 spiro atoms. The maximum Gasteiger partial charge on any atom is 0.260 e. The molecule has 1 nitrogen and oxygen atoms in total. The number of para-hydroxylation sites is 2. The van der Waals surface area contributed by atoms with Gasteiger partial charge >= 0.3 is 0 Å². The van der Waals surface area contributed by atoms with Crippen molar-refractivity contribution in [3.8, 4) is 11.1 Å². The first-order valence-electron chi connectivity index (χ1n) is 10.0. The van der Waals surface area contributed by atoms with Crippen molar-refractivity contribution in [2.75, 3.05) is 4.90 Å². The fourth-order valence-electron chi connectivity index (χ4n) is 5.16. The Morgan fingerprint density at radius 3 is 2.34 bits per heavy atom. The maximum atomic E-state index is 2.43. The molecule has 0 aliphatic carbocycles. The monoisotopic (exact) mass is 385 g/mol. The highest BCUT2D eigenvalue weighted by Crippen LogP contribution is 2.43. The van der Waals surface area contributed by atoms with Crippen LogP contribution in [0.4, 0.5) is 17.1 Å². The molecule has 0 atom stereocenters. The number of rotatable bonds is 1. The Morgan fingerprint density at radius 1 is 0.655 bits per heavy atom. The summed E-state index contributed by atoms with van der Waals surface area (Å²) < 4.78 is 2.88. The molecule has 7 rings (SSSR count). The van der Waals surface area contributed by atoms with E-state index in [1.165, 1.54) is 54.0 Å². The van der Waals surface area contributed by atoms with Gasteiger partial charge in [0.25, 0.3) is 6.71 Å². The fourth-order valence-corrected chi connectivity index (χ4v) is 6.51. The molecule has 0 unspecified atom stereocenters. The average Bonchev–Trinajstić information content (AvgIpc) is 3.31. The molecule has 0 fully saturated rings. The van der Waals surface area contributed by atoms with E-state index in [2.05, 4.69) is 102 Å². The third-order valence-corrected chi connectivity index (χ3v) is 7.51. The Labute approximate surface area is 173 Å². The minimum Gasteiger partial charge on any atom is -0.312 e. The summed E-state index contributed by atoms with van der Waals surface area (Å²) >= 11 is 1.96. The zero-order chi connectivity index (χ0) is 18.9. The lowest BCUT2D eigenvalue weighted by Gasteiger charge is -2.35. The summed E-state index contributed by atoms with van der Waals surface area (Å²) in [5.41, 5.74) is 9.52. The van der Waals surface area contributed by atoms with Gasteiger partial charge in [-0.15, -0.1) is 11.3 Å². The van der Waals surface area contributed by atoms with Gasteiger partial charge in [0.05, 0.1) is 0 Å². The maximum absolute atomic E-state index is 2.43. The highest BCUT2D eigenvalue weighted by molar-refractivity contribution is 7.34. The highest BCUT2D eigenvalue weighted by Gasteiger charge is 2.43. The summed E-state index contributed by atoms with van der Waals surface area (Å²) in [4.78, 5) is 2.43. The summed E-state index contributed by atoms with van der Waals surface area (Å²) in [6, 6.07) is 35.3. The fraction of sp³-hybridized carbons (Fsp3) is 0. The van der Waals surface area contributed by atoms with Gasteiger partial charge < -0.3 is 4.90 Å². The molecule has 134 valence electrons. The molecule has 2 aliphatic heterocycles. The van der Waals surface area contributed by atoms with Gasteiger partial charge in [-0.1, -0.05) is 66.7 Å². The minimum atomic E-state index is 0.324. The van der Waals surface area contributed by atoms with Crippen LogP contribution in [0.3, 0.4) is 0 Å². The van der Waals surface area contributed by atoms with E-state index in [1.54, 1.807) is 0 Å². The lowest BCUT2D eigenvalue weighted by Crippen LogP contribution is -2.53. The number of thiophene rings is 1. The Kier molecular flexibility index (Phi) is 3.02. The van der Waals surface area contributed by atoms with Gasteiger partial charge in [-0.2, -0.15) is 0 Å². The van der Waals surface area contributed by atoms with Crippen molar-refractivity contribution in [3.05, 3.63) is 97.1 Å². The van der Waals surface area contributed by atoms with E-state index in [0.717, 1.165) is 0 Å². The molecule has 0 radical (unpaired) electrons. The highest BCUT2D eigenvalue weighted by atomic mass is 32.1. The van der Waals surface area contributed by atoms with Gasteiger partial charge in [0, 0.05) is 21.8 Å². The zero-order valence-corrected chi connectivity index (χ0v) is 16.5. The van der Waals surface area contributed by atoms with Crippen LogP contribution in [0.2, 0.25) is 0 Å². The summed E-state index contributed by atoms with van der Waals surface area (Å²) in [6.07, 6.45) is 0. The summed E-state index contributed by atoms with van der Waals surface area (Å²) in [5, 5.41) is 1.39. The van der Waals surface area contributed by atoms with Gasteiger partial charge in [-0.25, -0.2) is 0 Å². The topological polar surface area (TPSA) is 3.24 Å². The molecule has 4 aromatic carbocycles. The van der Waals surface area contributed by atoms with Crippen molar-refractivity contribution in [3.63, 3.8) is 0 Å². The number of hydrogen-bond donors (Lipinski definition) is 0. The lowest BCUT2D eigenvalue weighted by atomic mass is 9.40. The second-order valence-corrected chi connectivity index (χ2v) is 8.82. The third kappa shape index (κ3) is 1.96. The van der Waals surface area contributed by atoms with Crippen molar-refractivity contribution in [2.45, 2.75) is 0 Å². The number of nitrogens with zero attached hydrogens (tertiary/aromatic N) is 1. The van der Waals surface area contributed by atoms with E-state index in [0.29, 0.717) is 6.71 Å². The molecular weight excluding hydrogens is 369 g/mol. The van der Waals surface area contributed by atoms with E-state index in [-0.39, 0.29) is 0 Å². The summed E-state index contributed by atoms with van der Waals surface area (Å²) in [6.45, 7) is 0.324. The molecule has 0 saturated heterocycles. The van der Waals surface area contributed by atoms with Crippen molar-refractivity contribution in [1.29, 1.82) is 0 Å². The van der Waals surface area contributed by atoms with E-state index >= 15 is 0 Å². The second-order valence-electron chi connectivity index (χ2n) is 7.74. The number of fused-ring (bicyclic) bond motifs is 7. The van der Waals surface area contributed by atoms with Gasteiger partial charge in [0.2, 0.25) is 0 Å². The predicted molar refractivity (Wildman–Crippen MR) is 127 cm³/mol. The van der Waals surface area contributed by atoms with Crippen LogP contribution in [0.5, 0.6) is 0 Å². The Bertz CT molecular complexity index is 1420. The Hall–Kier alpha value is -3.30. The number of benzene rings is 4. The normalized spacial score (nSPS) is 13.4. The van der Waals surface area contributed by atoms with Crippen molar-refractivity contribution in [1.82, 2.24) is 0 Å². The van der Waals surface area contributed by atoms with Gasteiger partial charge in [0.15, 0.2) is 0 Å². The average molecular weight is 385 g/mol. The smallest absolute Gasteiger partial charge is 0.260 e.